The van der Waals surface area contributed by atoms with E-state index in [0.29, 0.717) is 12.5 Å². The highest BCUT2D eigenvalue weighted by Crippen LogP contribution is 2.32. The normalized spacial score (nSPS) is 19.5. The number of nitrogens with zero attached hydrogens (tertiary/aromatic N) is 2. The van der Waals surface area contributed by atoms with Crippen LogP contribution in [-0.4, -0.2) is 28.9 Å². The second kappa shape index (κ2) is 8.12. The molecule has 142 valence electrons. The Morgan fingerprint density at radius 1 is 1.15 bits per heavy atom. The van der Waals surface area contributed by atoms with E-state index in [4.69, 9.17) is 4.74 Å². The van der Waals surface area contributed by atoms with Crippen molar-refractivity contribution in [2.75, 3.05) is 7.11 Å². The van der Waals surface area contributed by atoms with Crippen molar-refractivity contribution < 1.29 is 9.53 Å². The van der Waals surface area contributed by atoms with Crippen LogP contribution < -0.4 is 4.74 Å². The molecule has 4 rings (SSSR count). The third-order valence-corrected chi connectivity index (χ3v) is 6.08. The number of fused-ring (bicyclic) bond motifs is 1. The Morgan fingerprint density at radius 3 is 2.70 bits per heavy atom. The number of hydrogen-bond acceptors (Lipinski definition) is 3. The molecular formula is C23H28N2O2. The van der Waals surface area contributed by atoms with Gasteiger partial charge in [-0.05, 0) is 60.6 Å². The van der Waals surface area contributed by atoms with Crippen molar-refractivity contribution in [2.24, 2.45) is 5.92 Å². The van der Waals surface area contributed by atoms with E-state index in [1.807, 2.05) is 18.3 Å². The third kappa shape index (κ3) is 4.00. The van der Waals surface area contributed by atoms with Crippen LogP contribution >= 0.6 is 0 Å². The van der Waals surface area contributed by atoms with Crippen LogP contribution in [-0.2, 0) is 24.2 Å². The summed E-state index contributed by atoms with van der Waals surface area (Å²) >= 11 is 0. The largest absolute Gasteiger partial charge is 0.497 e. The lowest BCUT2D eigenvalue weighted by molar-refractivity contribution is -0.139. The summed E-state index contributed by atoms with van der Waals surface area (Å²) in [5.41, 5.74) is 3.76. The van der Waals surface area contributed by atoms with Crippen molar-refractivity contribution in [1.29, 1.82) is 0 Å². The van der Waals surface area contributed by atoms with Gasteiger partial charge in [-0.25, -0.2) is 0 Å². The van der Waals surface area contributed by atoms with E-state index in [2.05, 4.69) is 28.1 Å². The fourth-order valence-corrected chi connectivity index (χ4v) is 4.58. The zero-order valence-electron chi connectivity index (χ0n) is 16.1. The Labute approximate surface area is 161 Å². The molecule has 1 atom stereocenters. The molecule has 2 aliphatic carbocycles. The van der Waals surface area contributed by atoms with Gasteiger partial charge in [-0.2, -0.15) is 0 Å². The van der Waals surface area contributed by atoms with E-state index in [-0.39, 0.29) is 12.0 Å². The number of carbonyl (C=O) groups excluding carboxylic acids is 1. The molecule has 1 amide bonds. The second-order valence-electron chi connectivity index (χ2n) is 7.86. The highest BCUT2D eigenvalue weighted by atomic mass is 16.5. The minimum atomic E-state index is 0.189. The summed E-state index contributed by atoms with van der Waals surface area (Å²) in [7, 11) is 1.70. The molecule has 0 aliphatic heterocycles. The number of ether oxygens (including phenoxy) is 1. The van der Waals surface area contributed by atoms with Gasteiger partial charge in [-0.15, -0.1) is 0 Å². The van der Waals surface area contributed by atoms with Crippen LogP contribution in [0.3, 0.4) is 0 Å². The summed E-state index contributed by atoms with van der Waals surface area (Å²) < 4.78 is 5.38. The van der Waals surface area contributed by atoms with E-state index in [1.165, 1.54) is 30.4 Å². The maximum absolute atomic E-state index is 13.4. The average Bonchev–Trinajstić information content (AvgIpc) is 3.15. The van der Waals surface area contributed by atoms with Crippen molar-refractivity contribution >= 4 is 5.91 Å². The second-order valence-corrected chi connectivity index (χ2v) is 7.86. The predicted molar refractivity (Wildman–Crippen MR) is 106 cm³/mol. The van der Waals surface area contributed by atoms with Crippen molar-refractivity contribution in [3.63, 3.8) is 0 Å². The molecule has 0 spiro atoms. The van der Waals surface area contributed by atoms with Crippen LogP contribution in [0.2, 0.25) is 0 Å². The smallest absolute Gasteiger partial charge is 0.226 e. The number of amides is 1. The van der Waals surface area contributed by atoms with Crippen LogP contribution in [0.5, 0.6) is 5.75 Å². The maximum Gasteiger partial charge on any atom is 0.226 e. The lowest BCUT2D eigenvalue weighted by atomic mass is 9.87. The van der Waals surface area contributed by atoms with Gasteiger partial charge in [-0.1, -0.05) is 31.4 Å². The lowest BCUT2D eigenvalue weighted by Gasteiger charge is -2.34. The fourth-order valence-electron chi connectivity index (χ4n) is 4.58. The number of pyridine rings is 1. The van der Waals surface area contributed by atoms with Crippen LogP contribution in [0.25, 0.3) is 0 Å². The first-order chi connectivity index (χ1) is 13.2. The van der Waals surface area contributed by atoms with Crippen LogP contribution in [0, 0.1) is 5.92 Å². The number of methoxy groups -OCH3 is 1. The van der Waals surface area contributed by atoms with E-state index in [0.717, 1.165) is 37.0 Å². The van der Waals surface area contributed by atoms with Crippen molar-refractivity contribution in [2.45, 2.75) is 57.5 Å². The molecule has 2 aliphatic rings. The Bertz CT molecular complexity index is 784. The van der Waals surface area contributed by atoms with Gasteiger partial charge in [0.15, 0.2) is 0 Å². The zero-order chi connectivity index (χ0) is 18.6. The van der Waals surface area contributed by atoms with Crippen LogP contribution in [0.15, 0.2) is 42.7 Å². The highest BCUT2D eigenvalue weighted by Gasteiger charge is 2.34. The molecule has 1 heterocycles. The first-order valence-electron chi connectivity index (χ1n) is 10.1. The molecule has 1 fully saturated rings. The Balaban J connectivity index is 1.57. The zero-order valence-corrected chi connectivity index (χ0v) is 16.1. The molecule has 1 aromatic heterocycles. The molecule has 1 saturated carbocycles. The molecule has 4 nitrogen and oxygen atoms in total. The molecule has 0 N–H and O–H groups in total. The van der Waals surface area contributed by atoms with E-state index in [1.54, 1.807) is 13.3 Å². The Hall–Kier alpha value is -2.36. The molecule has 2 aromatic rings. The summed E-state index contributed by atoms with van der Waals surface area (Å²) in [5.74, 6) is 1.42. The van der Waals surface area contributed by atoms with E-state index >= 15 is 0 Å². The first-order valence-corrected chi connectivity index (χ1v) is 10.1. The van der Waals surface area contributed by atoms with Gasteiger partial charge in [0, 0.05) is 30.9 Å². The van der Waals surface area contributed by atoms with Crippen molar-refractivity contribution in [1.82, 2.24) is 9.88 Å². The standard InChI is InChI=1S/C23H28N2O2/c1-27-22-10-9-19-12-21(13-20(19)14-22)25(16-17-6-5-11-24-15-17)23(26)18-7-3-2-4-8-18/h5-6,9-11,14-15,18,21H,2-4,7-8,12-13,16H2,1H3/t21-/m1/s1. The summed E-state index contributed by atoms with van der Waals surface area (Å²) in [6.45, 7) is 0.652. The van der Waals surface area contributed by atoms with Crippen LogP contribution in [0.1, 0.15) is 48.8 Å². The Morgan fingerprint density at radius 2 is 1.96 bits per heavy atom. The van der Waals surface area contributed by atoms with Gasteiger partial charge in [0.1, 0.15) is 5.75 Å². The van der Waals surface area contributed by atoms with E-state index in [9.17, 15) is 4.79 Å². The number of carbonyl (C=O) groups is 1. The van der Waals surface area contributed by atoms with E-state index < -0.39 is 0 Å². The number of rotatable bonds is 5. The summed E-state index contributed by atoms with van der Waals surface area (Å²) in [6.07, 6.45) is 11.2. The number of hydrogen-bond donors (Lipinski definition) is 0. The molecular weight excluding hydrogens is 336 g/mol. The number of benzene rings is 1. The molecule has 0 saturated heterocycles. The SMILES string of the molecule is COc1ccc2c(c1)C[C@H](N(Cc1cccnc1)C(=O)C1CCCCC1)C2. The summed E-state index contributed by atoms with van der Waals surface area (Å²) in [5, 5.41) is 0. The van der Waals surface area contributed by atoms with Gasteiger partial charge in [0.05, 0.1) is 7.11 Å². The molecule has 0 radical (unpaired) electrons. The first kappa shape index (κ1) is 18.0. The molecule has 0 unspecified atom stereocenters. The monoisotopic (exact) mass is 364 g/mol. The topological polar surface area (TPSA) is 42.4 Å². The minimum Gasteiger partial charge on any atom is -0.497 e. The maximum atomic E-state index is 13.4. The average molecular weight is 364 g/mol. The van der Waals surface area contributed by atoms with Gasteiger partial charge < -0.3 is 9.64 Å². The molecule has 1 aromatic carbocycles. The van der Waals surface area contributed by atoms with Crippen molar-refractivity contribution in [3.8, 4) is 5.75 Å². The molecule has 27 heavy (non-hydrogen) atoms. The van der Waals surface area contributed by atoms with Gasteiger partial charge in [0.25, 0.3) is 0 Å². The molecule has 4 heteroatoms. The Kier molecular flexibility index (Phi) is 5.42. The van der Waals surface area contributed by atoms with Gasteiger partial charge in [0.2, 0.25) is 5.91 Å². The summed E-state index contributed by atoms with van der Waals surface area (Å²) in [4.78, 5) is 19.8. The molecule has 0 bridgehead atoms. The third-order valence-electron chi connectivity index (χ3n) is 6.08. The van der Waals surface area contributed by atoms with Gasteiger partial charge >= 0.3 is 0 Å². The van der Waals surface area contributed by atoms with Crippen molar-refractivity contribution in [3.05, 3.63) is 59.4 Å². The quantitative estimate of drug-likeness (QED) is 0.800. The van der Waals surface area contributed by atoms with Gasteiger partial charge in [-0.3, -0.25) is 9.78 Å². The summed E-state index contributed by atoms with van der Waals surface area (Å²) in [6, 6.07) is 10.5. The lowest BCUT2D eigenvalue weighted by Crippen LogP contribution is -2.44. The minimum absolute atomic E-state index is 0.189. The number of aromatic nitrogens is 1. The highest BCUT2D eigenvalue weighted by molar-refractivity contribution is 5.79. The van der Waals surface area contributed by atoms with Crippen LogP contribution in [0.4, 0.5) is 0 Å². The predicted octanol–water partition coefficient (Wildman–Crippen LogP) is 4.17. The fraction of sp³-hybridized carbons (Fsp3) is 0.478.